The summed E-state index contributed by atoms with van der Waals surface area (Å²) >= 11 is 0. The van der Waals surface area contributed by atoms with Crippen LogP contribution in [-0.2, 0) is 21.6 Å². The van der Waals surface area contributed by atoms with Gasteiger partial charge in [-0.25, -0.2) is 0 Å². The standard InChI is InChI=1S/C19H28N2O4/c1-17(2,3)16-21-20-14(25-16)10-24-15(22)9-18-5-12-4-13(6-18)8-19(23,7-12)11-18/h12-13,23H,4-11H2,1-3H3. The van der Waals surface area contributed by atoms with Crippen LogP contribution in [0.15, 0.2) is 4.42 Å². The molecule has 2 unspecified atom stereocenters. The number of aromatic nitrogens is 2. The van der Waals surface area contributed by atoms with E-state index in [4.69, 9.17) is 9.15 Å². The molecule has 4 fully saturated rings. The molecule has 4 aliphatic rings. The molecular formula is C19H28N2O4. The van der Waals surface area contributed by atoms with Gasteiger partial charge in [0.1, 0.15) is 0 Å². The van der Waals surface area contributed by atoms with Crippen LogP contribution >= 0.6 is 0 Å². The second-order valence-electron chi connectivity index (χ2n) is 9.77. The zero-order valence-electron chi connectivity index (χ0n) is 15.4. The fraction of sp³-hybridized carbons (Fsp3) is 0.842. The smallest absolute Gasteiger partial charge is 0.306 e. The molecule has 138 valence electrons. The van der Waals surface area contributed by atoms with E-state index in [1.165, 1.54) is 6.42 Å². The maximum Gasteiger partial charge on any atom is 0.306 e. The molecule has 1 N–H and O–H groups in total. The van der Waals surface area contributed by atoms with Crippen LogP contribution in [0.4, 0.5) is 0 Å². The lowest BCUT2D eigenvalue weighted by atomic mass is 9.47. The normalized spacial score (nSPS) is 36.6. The SMILES string of the molecule is CC(C)(C)c1nnc(COC(=O)CC23CC4CC(CC(O)(C4)C2)C3)o1. The summed E-state index contributed by atoms with van der Waals surface area (Å²) in [6, 6.07) is 0. The molecule has 0 amide bonds. The third-order valence-corrected chi connectivity index (χ3v) is 6.14. The van der Waals surface area contributed by atoms with E-state index in [0.717, 1.165) is 32.1 Å². The molecule has 6 nitrogen and oxygen atoms in total. The number of nitrogens with zero attached hydrogens (tertiary/aromatic N) is 2. The van der Waals surface area contributed by atoms with E-state index in [1.807, 2.05) is 20.8 Å². The number of rotatable bonds is 4. The van der Waals surface area contributed by atoms with Crippen molar-refractivity contribution in [3.05, 3.63) is 11.8 Å². The van der Waals surface area contributed by atoms with Gasteiger partial charge in [-0.1, -0.05) is 20.8 Å². The predicted octanol–water partition coefficient (Wildman–Crippen LogP) is 3.13. The van der Waals surface area contributed by atoms with E-state index < -0.39 is 5.60 Å². The van der Waals surface area contributed by atoms with Crippen molar-refractivity contribution < 1.29 is 19.1 Å². The summed E-state index contributed by atoms with van der Waals surface area (Å²) in [6.07, 6.45) is 6.29. The average molecular weight is 348 g/mol. The first kappa shape index (κ1) is 17.0. The van der Waals surface area contributed by atoms with Gasteiger partial charge < -0.3 is 14.3 Å². The Balaban J connectivity index is 1.36. The summed E-state index contributed by atoms with van der Waals surface area (Å²) in [5, 5.41) is 18.8. The van der Waals surface area contributed by atoms with E-state index in [9.17, 15) is 9.90 Å². The minimum Gasteiger partial charge on any atom is -0.456 e. The van der Waals surface area contributed by atoms with Crippen LogP contribution in [0.5, 0.6) is 0 Å². The van der Waals surface area contributed by atoms with Crippen LogP contribution in [0.25, 0.3) is 0 Å². The number of carbonyl (C=O) groups excluding carboxylic acids is 1. The second-order valence-corrected chi connectivity index (χ2v) is 9.77. The highest BCUT2D eigenvalue weighted by molar-refractivity contribution is 5.70. The van der Waals surface area contributed by atoms with Crippen LogP contribution in [0.1, 0.15) is 77.5 Å². The molecule has 25 heavy (non-hydrogen) atoms. The monoisotopic (exact) mass is 348 g/mol. The van der Waals surface area contributed by atoms with Gasteiger partial charge >= 0.3 is 5.97 Å². The van der Waals surface area contributed by atoms with E-state index in [2.05, 4.69) is 10.2 Å². The van der Waals surface area contributed by atoms with Crippen molar-refractivity contribution in [2.24, 2.45) is 17.3 Å². The van der Waals surface area contributed by atoms with Crippen molar-refractivity contribution in [2.45, 2.75) is 83.3 Å². The number of esters is 1. The summed E-state index contributed by atoms with van der Waals surface area (Å²) in [6.45, 7) is 6.01. The van der Waals surface area contributed by atoms with Gasteiger partial charge in [-0.2, -0.15) is 0 Å². The lowest BCUT2D eigenvalue weighted by Gasteiger charge is -2.60. The molecule has 2 atom stereocenters. The van der Waals surface area contributed by atoms with Crippen molar-refractivity contribution in [1.82, 2.24) is 10.2 Å². The first-order valence-electron chi connectivity index (χ1n) is 9.36. The quantitative estimate of drug-likeness (QED) is 0.842. The number of hydrogen-bond acceptors (Lipinski definition) is 6. The Morgan fingerprint density at radius 1 is 1.24 bits per heavy atom. The van der Waals surface area contributed by atoms with Gasteiger partial charge in [-0.05, 0) is 55.8 Å². The highest BCUT2D eigenvalue weighted by atomic mass is 16.5. The Morgan fingerprint density at radius 3 is 2.48 bits per heavy atom. The maximum atomic E-state index is 12.4. The highest BCUT2D eigenvalue weighted by Crippen LogP contribution is 2.62. The lowest BCUT2D eigenvalue weighted by molar-refractivity contribution is -0.177. The van der Waals surface area contributed by atoms with Crippen LogP contribution in [0.2, 0.25) is 0 Å². The Morgan fingerprint density at radius 2 is 1.92 bits per heavy atom. The maximum absolute atomic E-state index is 12.4. The van der Waals surface area contributed by atoms with E-state index in [0.29, 0.717) is 30.0 Å². The van der Waals surface area contributed by atoms with Crippen molar-refractivity contribution in [3.8, 4) is 0 Å². The molecule has 4 aliphatic carbocycles. The van der Waals surface area contributed by atoms with Gasteiger partial charge in [0.05, 0.1) is 12.0 Å². The van der Waals surface area contributed by atoms with Crippen molar-refractivity contribution in [3.63, 3.8) is 0 Å². The highest BCUT2D eigenvalue weighted by Gasteiger charge is 2.57. The topological polar surface area (TPSA) is 85.5 Å². The summed E-state index contributed by atoms with van der Waals surface area (Å²) in [5.41, 5.74) is -0.830. The summed E-state index contributed by atoms with van der Waals surface area (Å²) in [7, 11) is 0. The van der Waals surface area contributed by atoms with Gasteiger partial charge in [-0.3, -0.25) is 4.79 Å². The second kappa shape index (κ2) is 5.53. The Labute approximate surface area is 148 Å². The first-order valence-corrected chi connectivity index (χ1v) is 9.36. The van der Waals surface area contributed by atoms with Gasteiger partial charge in [0.2, 0.25) is 5.89 Å². The molecular weight excluding hydrogens is 320 g/mol. The molecule has 0 aliphatic heterocycles. The molecule has 6 heteroatoms. The number of aliphatic hydroxyl groups is 1. The van der Waals surface area contributed by atoms with Gasteiger partial charge in [0.15, 0.2) is 6.61 Å². The average Bonchev–Trinajstić information content (AvgIpc) is 2.90. The zero-order valence-corrected chi connectivity index (χ0v) is 15.4. The minimum absolute atomic E-state index is 0.0229. The molecule has 4 bridgehead atoms. The Bertz CT molecular complexity index is 661. The zero-order chi connectivity index (χ0) is 17.9. The third kappa shape index (κ3) is 3.33. The minimum atomic E-state index is -0.543. The predicted molar refractivity (Wildman–Crippen MR) is 89.5 cm³/mol. The summed E-state index contributed by atoms with van der Waals surface area (Å²) < 4.78 is 11.0. The number of ether oxygens (including phenoxy) is 1. The van der Waals surface area contributed by atoms with Crippen molar-refractivity contribution >= 4 is 5.97 Å². The molecule has 0 spiro atoms. The van der Waals surface area contributed by atoms with Crippen LogP contribution in [-0.4, -0.2) is 26.9 Å². The molecule has 1 heterocycles. The number of carbonyl (C=O) groups is 1. The van der Waals surface area contributed by atoms with Crippen molar-refractivity contribution in [1.29, 1.82) is 0 Å². The van der Waals surface area contributed by atoms with Crippen LogP contribution < -0.4 is 0 Å². The van der Waals surface area contributed by atoms with Crippen LogP contribution in [0.3, 0.4) is 0 Å². The molecule has 0 saturated heterocycles. The fourth-order valence-corrected chi connectivity index (χ4v) is 5.72. The van der Waals surface area contributed by atoms with Gasteiger partial charge in [0.25, 0.3) is 5.89 Å². The Kier molecular flexibility index (Phi) is 3.76. The largest absolute Gasteiger partial charge is 0.456 e. The van der Waals surface area contributed by atoms with Crippen LogP contribution in [0, 0.1) is 17.3 Å². The number of hydrogen-bond donors (Lipinski definition) is 1. The summed E-state index contributed by atoms with van der Waals surface area (Å²) in [5.74, 6) is 1.80. The fourth-order valence-electron chi connectivity index (χ4n) is 5.72. The van der Waals surface area contributed by atoms with E-state index >= 15 is 0 Å². The Hall–Kier alpha value is -1.43. The molecule has 4 saturated carbocycles. The van der Waals surface area contributed by atoms with Crippen molar-refractivity contribution in [2.75, 3.05) is 0 Å². The third-order valence-electron chi connectivity index (χ3n) is 6.14. The van der Waals surface area contributed by atoms with E-state index in [-0.39, 0.29) is 23.4 Å². The molecule has 1 aromatic rings. The molecule has 1 aromatic heterocycles. The van der Waals surface area contributed by atoms with E-state index in [1.54, 1.807) is 0 Å². The first-order chi connectivity index (χ1) is 11.6. The summed E-state index contributed by atoms with van der Waals surface area (Å²) in [4.78, 5) is 12.4. The molecule has 5 rings (SSSR count). The lowest BCUT2D eigenvalue weighted by Crippen LogP contribution is -2.56. The molecule has 0 aromatic carbocycles. The van der Waals surface area contributed by atoms with Gasteiger partial charge in [0, 0.05) is 5.41 Å². The molecule has 0 radical (unpaired) electrons. The van der Waals surface area contributed by atoms with Gasteiger partial charge in [-0.15, -0.1) is 10.2 Å².